The maximum Gasteiger partial charge on any atom is 0.404 e. The van der Waals surface area contributed by atoms with Crippen LogP contribution < -0.4 is 21.7 Å². The van der Waals surface area contributed by atoms with Crippen molar-refractivity contribution in [1.29, 1.82) is 0 Å². The predicted octanol–water partition coefficient (Wildman–Crippen LogP) is 3.72. The summed E-state index contributed by atoms with van der Waals surface area (Å²) in [6.45, 7) is 5.44. The molecule has 0 saturated heterocycles. The lowest BCUT2D eigenvalue weighted by molar-refractivity contribution is -0.121. The van der Waals surface area contributed by atoms with Gasteiger partial charge in [0, 0.05) is 70.0 Å². The lowest BCUT2D eigenvalue weighted by atomic mass is 9.96. The summed E-state index contributed by atoms with van der Waals surface area (Å²) in [6.07, 6.45) is 2.69. The molecule has 0 heterocycles. The zero-order valence-electron chi connectivity index (χ0n) is 27.2. The molecule has 12 heteroatoms. The minimum absolute atomic E-state index is 0.0682. The number of carbonyl (C=O) groups excluding carboxylic acids is 4. The van der Waals surface area contributed by atoms with Gasteiger partial charge in [0.05, 0.1) is 13.2 Å². The van der Waals surface area contributed by atoms with E-state index in [0.29, 0.717) is 63.8 Å². The van der Waals surface area contributed by atoms with Gasteiger partial charge in [0.15, 0.2) is 1.41 Å². The lowest BCUT2D eigenvalue weighted by Crippen LogP contribution is -2.28. The summed E-state index contributed by atoms with van der Waals surface area (Å²) >= 11 is 0. The number of benzene rings is 2. The molecule has 1 aliphatic rings. The number of hydrogen-bond acceptors (Lipinski definition) is 8. The van der Waals surface area contributed by atoms with Crippen molar-refractivity contribution < 1.29 is 39.5 Å². The van der Waals surface area contributed by atoms with Crippen molar-refractivity contribution in [2.45, 2.75) is 51.4 Å². The first-order chi connectivity index (χ1) is 22.4. The summed E-state index contributed by atoms with van der Waals surface area (Å²) in [6, 6.07) is 10.8. The Morgan fingerprint density at radius 1 is 0.867 bits per heavy atom. The van der Waals surface area contributed by atoms with Gasteiger partial charge >= 0.3 is 6.09 Å². The number of anilines is 1. The predicted molar refractivity (Wildman–Crippen MR) is 170 cm³/mol. The van der Waals surface area contributed by atoms with Gasteiger partial charge in [-0.3, -0.25) is 14.4 Å². The molecule has 0 bridgehead atoms. The smallest absolute Gasteiger partial charge is 0.404 e. The average molecular weight is 628 g/mol. The third kappa shape index (κ3) is 11.5. The fraction of sp³-hybridized carbons (Fsp3) is 0.515. The second-order valence-electron chi connectivity index (χ2n) is 10.7. The molecule has 12 nitrogen and oxygen atoms in total. The van der Waals surface area contributed by atoms with Gasteiger partial charge in [0.2, 0.25) is 11.8 Å². The molecule has 5 N–H and O–H groups in total. The van der Waals surface area contributed by atoms with Crippen molar-refractivity contribution in [1.82, 2.24) is 10.6 Å². The number of nitrogens with one attached hydrogen (secondary N) is 3. The number of nitrogens with two attached hydrogens (primary N) is 1. The van der Waals surface area contributed by atoms with Gasteiger partial charge in [0.25, 0.3) is 5.91 Å². The zero-order valence-corrected chi connectivity index (χ0v) is 26.2. The number of unbranched alkanes of at least 4 members (excludes halogenated alkanes) is 1. The van der Waals surface area contributed by atoms with Crippen LogP contribution in [0.2, 0.25) is 1.41 Å². The van der Waals surface area contributed by atoms with Crippen molar-refractivity contribution in [3.63, 3.8) is 0 Å². The van der Waals surface area contributed by atoms with Crippen molar-refractivity contribution >= 4 is 29.5 Å². The Bertz CT molecular complexity index is 1310. The molecule has 0 saturated carbocycles. The van der Waals surface area contributed by atoms with Crippen molar-refractivity contribution in [3.05, 3.63) is 53.1 Å². The molecule has 1 aliphatic carbocycles. The molecular weight excluding hydrogens is 580 g/mol. The van der Waals surface area contributed by atoms with Gasteiger partial charge in [-0.05, 0) is 59.7 Å². The Balaban J connectivity index is 1.63. The molecule has 0 radical (unpaired) electrons. The highest BCUT2D eigenvalue weighted by atomic mass is 16.5. The summed E-state index contributed by atoms with van der Waals surface area (Å²) < 4.78 is 28.3. The minimum atomic E-state index is -0.896. The quantitative estimate of drug-likeness (QED) is 0.152. The van der Waals surface area contributed by atoms with Gasteiger partial charge < -0.3 is 40.6 Å². The number of ether oxygens (including phenoxy) is 4. The van der Waals surface area contributed by atoms with Gasteiger partial charge in [0.1, 0.15) is 6.61 Å². The van der Waals surface area contributed by atoms with Gasteiger partial charge in [-0.25, -0.2) is 4.79 Å². The van der Waals surface area contributed by atoms with E-state index in [1.165, 1.54) is 0 Å². The first-order valence-electron chi connectivity index (χ1n) is 16.0. The molecule has 0 aliphatic heterocycles. The topological polar surface area (TPSA) is 167 Å². The fourth-order valence-corrected chi connectivity index (χ4v) is 5.08. The summed E-state index contributed by atoms with van der Waals surface area (Å²) in [5.41, 5.74) is 5.78. The Morgan fingerprint density at radius 3 is 2.38 bits per heavy atom. The molecule has 0 fully saturated rings. The van der Waals surface area contributed by atoms with Crippen molar-refractivity contribution in [2.75, 3.05) is 65.2 Å². The molecule has 1 atom stereocenters. The lowest BCUT2D eigenvalue weighted by Gasteiger charge is -2.14. The molecule has 3 rings (SSSR count). The second kappa shape index (κ2) is 19.4. The van der Waals surface area contributed by atoms with E-state index in [1.807, 2.05) is 12.1 Å². The number of fused-ring (bicyclic) bond motifs is 3. The summed E-state index contributed by atoms with van der Waals surface area (Å²) in [4.78, 5) is 49.8. The monoisotopic (exact) mass is 627 g/mol. The van der Waals surface area contributed by atoms with E-state index in [9.17, 15) is 19.2 Å². The third-order valence-electron chi connectivity index (χ3n) is 7.27. The molecule has 246 valence electrons. The van der Waals surface area contributed by atoms with Crippen molar-refractivity contribution in [3.8, 4) is 11.1 Å². The van der Waals surface area contributed by atoms with Crippen LogP contribution in [0, 0.1) is 0 Å². The van der Waals surface area contributed by atoms with Crippen LogP contribution in [0.3, 0.4) is 0 Å². The Kier molecular flexibility index (Phi) is 14.6. The molecule has 0 spiro atoms. The number of methoxy groups -OCH3 is 1. The van der Waals surface area contributed by atoms with Crippen LogP contribution in [0.5, 0.6) is 0 Å². The van der Waals surface area contributed by atoms with E-state index in [0.717, 1.165) is 41.5 Å². The van der Waals surface area contributed by atoms with E-state index < -0.39 is 12.0 Å². The zero-order chi connectivity index (χ0) is 33.1. The summed E-state index contributed by atoms with van der Waals surface area (Å²) in [7, 11) is 1.63. The highest BCUT2D eigenvalue weighted by molar-refractivity contribution is 6.04. The SMILES string of the molecule is [2H]NC(=O)OCC1c2cc(NC(=O)CCCC(=O)NCCOCCCC)ccc2-c2c(C(=O)NCCOCCCOC)cccc21. The number of amides is 4. The molecule has 2 aromatic carbocycles. The Morgan fingerprint density at radius 2 is 1.62 bits per heavy atom. The van der Waals surface area contributed by atoms with Gasteiger partial charge in [-0.1, -0.05) is 31.5 Å². The highest BCUT2D eigenvalue weighted by Crippen LogP contribution is 2.47. The third-order valence-corrected chi connectivity index (χ3v) is 7.27. The largest absolute Gasteiger partial charge is 0.449 e. The van der Waals surface area contributed by atoms with E-state index in [1.54, 1.807) is 37.1 Å². The van der Waals surface area contributed by atoms with E-state index in [4.69, 9.17) is 20.4 Å². The first kappa shape index (κ1) is 33.9. The summed E-state index contributed by atoms with van der Waals surface area (Å²) in [5.74, 6) is -1.06. The molecule has 45 heavy (non-hydrogen) atoms. The highest BCUT2D eigenvalue weighted by Gasteiger charge is 2.33. The number of rotatable bonds is 21. The van der Waals surface area contributed by atoms with Crippen LogP contribution in [0.15, 0.2) is 36.4 Å². The van der Waals surface area contributed by atoms with E-state index >= 15 is 0 Å². The second-order valence-corrected chi connectivity index (χ2v) is 10.7. The van der Waals surface area contributed by atoms with E-state index in [-0.39, 0.29) is 37.2 Å². The maximum atomic E-state index is 13.2. The van der Waals surface area contributed by atoms with Crippen molar-refractivity contribution in [2.24, 2.45) is 5.73 Å². The van der Waals surface area contributed by atoms with Gasteiger partial charge in [-0.15, -0.1) is 0 Å². The van der Waals surface area contributed by atoms with E-state index in [2.05, 4.69) is 22.9 Å². The van der Waals surface area contributed by atoms with Crippen LogP contribution in [-0.4, -0.2) is 83.7 Å². The molecule has 1 unspecified atom stereocenters. The average Bonchev–Trinajstić information content (AvgIpc) is 3.37. The van der Waals surface area contributed by atoms with Gasteiger partial charge in [-0.2, -0.15) is 0 Å². The van der Waals surface area contributed by atoms with Crippen LogP contribution in [0.25, 0.3) is 11.1 Å². The normalized spacial score (nSPS) is 13.3. The van der Waals surface area contributed by atoms with Crippen LogP contribution in [-0.2, 0) is 28.5 Å². The van der Waals surface area contributed by atoms with Crippen LogP contribution in [0.1, 0.15) is 72.9 Å². The Labute approximate surface area is 266 Å². The molecule has 2 aromatic rings. The number of hydrogen-bond donors (Lipinski definition) is 4. The maximum absolute atomic E-state index is 13.2. The van der Waals surface area contributed by atoms with Crippen LogP contribution in [0.4, 0.5) is 10.5 Å². The molecule has 4 amide bonds. The minimum Gasteiger partial charge on any atom is -0.449 e. The molecular formula is C33H46N4O8. The standard InChI is InChI=1S/C33H46N4O8/c1-3-4-17-43-19-14-35-29(38)10-6-11-30(39)37-23-12-13-25-27(21-23)28(22-45-33(34)41)24-8-5-9-26(31(24)25)32(40)36-15-20-44-18-7-16-42-2/h5,8-9,12-13,21,28H,3-4,6-7,10-11,14-20,22H2,1-2H3,(H2,34,41)(H,35,38)(H,36,40)(H,37,39)/i/hD. The first-order valence-corrected chi connectivity index (χ1v) is 15.5. The Hall–Kier alpha value is -4.00. The summed E-state index contributed by atoms with van der Waals surface area (Å²) in [5, 5.41) is 8.59. The number of primary amides is 1. The molecule has 0 aromatic heterocycles. The number of carbonyl (C=O) groups is 4. The van der Waals surface area contributed by atoms with Crippen LogP contribution >= 0.6 is 0 Å². The fourth-order valence-electron chi connectivity index (χ4n) is 5.08.